The van der Waals surface area contributed by atoms with Crippen LogP contribution in [0.4, 0.5) is 0 Å². The van der Waals surface area contributed by atoms with Crippen molar-refractivity contribution >= 4 is 0 Å². The van der Waals surface area contributed by atoms with Crippen LogP contribution < -0.4 is 5.73 Å². The van der Waals surface area contributed by atoms with Crippen LogP contribution in [0.2, 0.25) is 0 Å². The van der Waals surface area contributed by atoms with Crippen molar-refractivity contribution in [2.45, 2.75) is 69.9 Å². The Bertz CT molecular complexity index is 173. The van der Waals surface area contributed by atoms with Crippen molar-refractivity contribution in [1.29, 1.82) is 0 Å². The van der Waals surface area contributed by atoms with Gasteiger partial charge in [0.25, 0.3) is 0 Å². The molecule has 2 unspecified atom stereocenters. The first-order chi connectivity index (χ1) is 7.36. The molecule has 0 aromatic heterocycles. The molecule has 0 spiro atoms. The zero-order chi connectivity index (χ0) is 10.5. The molecule has 0 radical (unpaired) electrons. The highest BCUT2D eigenvalue weighted by Gasteiger charge is 2.22. The van der Waals surface area contributed by atoms with Crippen molar-refractivity contribution in [3.8, 4) is 0 Å². The molecule has 2 N–H and O–H groups in total. The summed E-state index contributed by atoms with van der Waals surface area (Å²) in [5.41, 5.74) is 6.04. The van der Waals surface area contributed by atoms with E-state index in [0.717, 1.165) is 6.04 Å². The van der Waals surface area contributed by atoms with E-state index >= 15 is 0 Å². The van der Waals surface area contributed by atoms with Crippen molar-refractivity contribution < 1.29 is 0 Å². The average Bonchev–Trinajstić information content (AvgIpc) is 2.59. The fourth-order valence-corrected chi connectivity index (χ4v) is 3.14. The van der Waals surface area contributed by atoms with Crippen molar-refractivity contribution in [2.24, 2.45) is 5.73 Å². The minimum absolute atomic E-state index is 0.488. The van der Waals surface area contributed by atoms with Crippen molar-refractivity contribution in [3.63, 3.8) is 0 Å². The topological polar surface area (TPSA) is 29.3 Å². The Hall–Kier alpha value is -0.0800. The van der Waals surface area contributed by atoms with Crippen LogP contribution in [0.25, 0.3) is 0 Å². The average molecular weight is 210 g/mol. The van der Waals surface area contributed by atoms with Gasteiger partial charge in [-0.2, -0.15) is 0 Å². The van der Waals surface area contributed by atoms with Gasteiger partial charge in [-0.15, -0.1) is 0 Å². The Morgan fingerprint density at radius 3 is 2.20 bits per heavy atom. The molecule has 2 fully saturated rings. The predicted molar refractivity (Wildman–Crippen MR) is 64.9 cm³/mol. The molecule has 1 heterocycles. The van der Waals surface area contributed by atoms with Crippen LogP contribution >= 0.6 is 0 Å². The third-order valence-corrected chi connectivity index (χ3v) is 4.14. The highest BCUT2D eigenvalue weighted by atomic mass is 15.2. The molecule has 1 saturated carbocycles. The van der Waals surface area contributed by atoms with Crippen molar-refractivity contribution in [1.82, 2.24) is 4.90 Å². The van der Waals surface area contributed by atoms with Gasteiger partial charge in [0.05, 0.1) is 0 Å². The molecule has 0 aromatic carbocycles. The minimum atomic E-state index is 0.488. The van der Waals surface area contributed by atoms with Crippen LogP contribution in [-0.2, 0) is 0 Å². The Morgan fingerprint density at radius 2 is 1.47 bits per heavy atom. The lowest BCUT2D eigenvalue weighted by Gasteiger charge is -2.29. The molecule has 0 aromatic rings. The summed E-state index contributed by atoms with van der Waals surface area (Å²) in [5, 5.41) is 0. The first-order valence-electron chi connectivity index (χ1n) is 6.86. The SMILES string of the molecule is NC1CCCC(N2CCCCCC2)CC1. The van der Waals surface area contributed by atoms with E-state index in [0.29, 0.717) is 6.04 Å². The molecule has 2 nitrogen and oxygen atoms in total. The Kier molecular flexibility index (Phi) is 4.45. The summed E-state index contributed by atoms with van der Waals surface area (Å²) >= 11 is 0. The number of nitrogens with zero attached hydrogens (tertiary/aromatic N) is 1. The fraction of sp³-hybridized carbons (Fsp3) is 1.00. The monoisotopic (exact) mass is 210 g/mol. The van der Waals surface area contributed by atoms with Crippen LogP contribution in [-0.4, -0.2) is 30.1 Å². The van der Waals surface area contributed by atoms with Gasteiger partial charge in [0.15, 0.2) is 0 Å². The summed E-state index contributed by atoms with van der Waals surface area (Å²) in [4.78, 5) is 2.76. The third-order valence-electron chi connectivity index (χ3n) is 4.14. The maximum atomic E-state index is 6.04. The Morgan fingerprint density at radius 1 is 0.733 bits per heavy atom. The lowest BCUT2D eigenvalue weighted by Crippen LogP contribution is -2.36. The van der Waals surface area contributed by atoms with E-state index in [4.69, 9.17) is 5.73 Å². The number of nitrogens with two attached hydrogens (primary N) is 1. The number of hydrogen-bond acceptors (Lipinski definition) is 2. The zero-order valence-corrected chi connectivity index (χ0v) is 9.96. The lowest BCUT2D eigenvalue weighted by molar-refractivity contribution is 0.185. The third kappa shape index (κ3) is 3.46. The van der Waals surface area contributed by atoms with Gasteiger partial charge in [-0.05, 0) is 51.6 Å². The van der Waals surface area contributed by atoms with E-state index < -0.39 is 0 Å². The zero-order valence-electron chi connectivity index (χ0n) is 9.96. The summed E-state index contributed by atoms with van der Waals surface area (Å²) in [6.45, 7) is 2.69. The second-order valence-corrected chi connectivity index (χ2v) is 5.37. The van der Waals surface area contributed by atoms with Crippen LogP contribution in [0, 0.1) is 0 Å². The van der Waals surface area contributed by atoms with Gasteiger partial charge in [-0.25, -0.2) is 0 Å². The summed E-state index contributed by atoms with van der Waals surface area (Å²) in [6.07, 6.45) is 12.3. The summed E-state index contributed by atoms with van der Waals surface area (Å²) in [5.74, 6) is 0. The van der Waals surface area contributed by atoms with E-state index in [-0.39, 0.29) is 0 Å². The molecule has 1 aliphatic heterocycles. The molecule has 1 saturated heterocycles. The molecular weight excluding hydrogens is 184 g/mol. The summed E-state index contributed by atoms with van der Waals surface area (Å²) in [6, 6.07) is 1.35. The second kappa shape index (κ2) is 5.86. The van der Waals surface area contributed by atoms with Gasteiger partial charge in [0, 0.05) is 12.1 Å². The first kappa shape index (κ1) is 11.4. The lowest BCUT2D eigenvalue weighted by atomic mass is 10.1. The van der Waals surface area contributed by atoms with Crippen LogP contribution in [0.15, 0.2) is 0 Å². The van der Waals surface area contributed by atoms with E-state index in [1.807, 2.05) is 0 Å². The van der Waals surface area contributed by atoms with Gasteiger partial charge in [-0.3, -0.25) is 0 Å². The van der Waals surface area contributed by atoms with E-state index in [1.54, 1.807) is 0 Å². The molecule has 0 bridgehead atoms. The molecule has 0 amide bonds. The fourth-order valence-electron chi connectivity index (χ4n) is 3.14. The van der Waals surface area contributed by atoms with Gasteiger partial charge in [0.2, 0.25) is 0 Å². The maximum absolute atomic E-state index is 6.04. The summed E-state index contributed by atoms with van der Waals surface area (Å²) in [7, 11) is 0. The molecular formula is C13H26N2. The largest absolute Gasteiger partial charge is 0.328 e. The molecule has 2 heteroatoms. The molecule has 88 valence electrons. The number of likely N-dealkylation sites (tertiary alicyclic amines) is 1. The van der Waals surface area contributed by atoms with Crippen LogP contribution in [0.5, 0.6) is 0 Å². The van der Waals surface area contributed by atoms with E-state index in [1.165, 1.54) is 70.9 Å². The number of hydrogen-bond donors (Lipinski definition) is 1. The predicted octanol–water partition coefficient (Wildman–Crippen LogP) is 2.52. The summed E-state index contributed by atoms with van der Waals surface area (Å²) < 4.78 is 0. The molecule has 2 atom stereocenters. The van der Waals surface area contributed by atoms with Crippen molar-refractivity contribution in [2.75, 3.05) is 13.1 Å². The second-order valence-electron chi connectivity index (χ2n) is 5.37. The number of rotatable bonds is 1. The van der Waals surface area contributed by atoms with E-state index in [2.05, 4.69) is 4.90 Å². The Labute approximate surface area is 94.2 Å². The van der Waals surface area contributed by atoms with Gasteiger partial charge in [0.1, 0.15) is 0 Å². The standard InChI is InChI=1S/C13H26N2/c14-12-6-5-7-13(9-8-12)15-10-3-1-2-4-11-15/h12-13H,1-11,14H2. The molecule has 2 rings (SSSR count). The van der Waals surface area contributed by atoms with Gasteiger partial charge in [-0.1, -0.05) is 19.3 Å². The normalized spacial score (nSPS) is 35.8. The maximum Gasteiger partial charge on any atom is 0.00958 e. The minimum Gasteiger partial charge on any atom is -0.328 e. The van der Waals surface area contributed by atoms with E-state index in [9.17, 15) is 0 Å². The quantitative estimate of drug-likeness (QED) is 0.674. The van der Waals surface area contributed by atoms with Gasteiger partial charge >= 0.3 is 0 Å². The van der Waals surface area contributed by atoms with Crippen LogP contribution in [0.3, 0.4) is 0 Å². The highest BCUT2D eigenvalue weighted by molar-refractivity contribution is 4.79. The van der Waals surface area contributed by atoms with Gasteiger partial charge < -0.3 is 10.6 Å². The smallest absolute Gasteiger partial charge is 0.00958 e. The van der Waals surface area contributed by atoms with Crippen molar-refractivity contribution in [3.05, 3.63) is 0 Å². The molecule has 1 aliphatic carbocycles. The highest BCUT2D eigenvalue weighted by Crippen LogP contribution is 2.23. The molecule has 15 heavy (non-hydrogen) atoms. The first-order valence-corrected chi connectivity index (χ1v) is 6.86. The molecule has 2 aliphatic rings. The Balaban J connectivity index is 1.84. The van der Waals surface area contributed by atoms with Crippen LogP contribution in [0.1, 0.15) is 57.8 Å².